The SMILES string of the molecule is NCC1C2CC2C(=O)N1C1CCC1. The molecular weight excluding hydrogens is 164 g/mol. The van der Waals surface area contributed by atoms with Gasteiger partial charge in [0.05, 0.1) is 0 Å². The van der Waals surface area contributed by atoms with E-state index < -0.39 is 0 Å². The van der Waals surface area contributed by atoms with E-state index in [4.69, 9.17) is 5.73 Å². The van der Waals surface area contributed by atoms with E-state index in [1.165, 1.54) is 19.3 Å². The van der Waals surface area contributed by atoms with Gasteiger partial charge < -0.3 is 10.6 Å². The lowest BCUT2D eigenvalue weighted by Gasteiger charge is -2.40. The predicted octanol–water partition coefficient (Wildman–Crippen LogP) is 0.344. The van der Waals surface area contributed by atoms with Gasteiger partial charge in [0, 0.05) is 24.5 Å². The van der Waals surface area contributed by atoms with Crippen LogP contribution in [0.2, 0.25) is 0 Å². The number of carbonyl (C=O) groups is 1. The summed E-state index contributed by atoms with van der Waals surface area (Å²) >= 11 is 0. The topological polar surface area (TPSA) is 46.3 Å². The van der Waals surface area contributed by atoms with E-state index in [0.717, 1.165) is 6.42 Å². The molecule has 0 bridgehead atoms. The molecule has 3 fully saturated rings. The first-order valence-corrected chi connectivity index (χ1v) is 5.35. The van der Waals surface area contributed by atoms with Crippen molar-refractivity contribution in [1.82, 2.24) is 4.90 Å². The van der Waals surface area contributed by atoms with Gasteiger partial charge in [-0.1, -0.05) is 0 Å². The van der Waals surface area contributed by atoms with Gasteiger partial charge in [-0.05, 0) is 31.6 Å². The van der Waals surface area contributed by atoms with E-state index in [9.17, 15) is 4.79 Å². The fraction of sp³-hybridized carbons (Fsp3) is 0.900. The highest BCUT2D eigenvalue weighted by atomic mass is 16.2. The van der Waals surface area contributed by atoms with Crippen LogP contribution in [0.4, 0.5) is 0 Å². The first-order valence-electron chi connectivity index (χ1n) is 5.35. The Bertz CT molecular complexity index is 249. The Morgan fingerprint density at radius 3 is 2.77 bits per heavy atom. The number of likely N-dealkylation sites (tertiary alicyclic amines) is 1. The monoisotopic (exact) mass is 180 g/mol. The van der Waals surface area contributed by atoms with Gasteiger partial charge in [0.25, 0.3) is 0 Å². The lowest BCUT2D eigenvalue weighted by atomic mass is 9.90. The fourth-order valence-corrected chi connectivity index (χ4v) is 2.89. The van der Waals surface area contributed by atoms with Gasteiger partial charge >= 0.3 is 0 Å². The predicted molar refractivity (Wildman–Crippen MR) is 48.9 cm³/mol. The van der Waals surface area contributed by atoms with E-state index in [1.54, 1.807) is 0 Å². The van der Waals surface area contributed by atoms with Crippen LogP contribution < -0.4 is 5.73 Å². The molecule has 13 heavy (non-hydrogen) atoms. The second kappa shape index (κ2) is 2.47. The number of nitrogens with two attached hydrogens (primary N) is 1. The van der Waals surface area contributed by atoms with Crippen LogP contribution in [-0.2, 0) is 4.79 Å². The molecule has 1 aliphatic heterocycles. The van der Waals surface area contributed by atoms with Crippen LogP contribution in [0.25, 0.3) is 0 Å². The van der Waals surface area contributed by atoms with Crippen molar-refractivity contribution in [1.29, 1.82) is 0 Å². The molecule has 0 spiro atoms. The average molecular weight is 180 g/mol. The molecule has 2 aliphatic carbocycles. The fourth-order valence-electron chi connectivity index (χ4n) is 2.89. The van der Waals surface area contributed by atoms with Gasteiger partial charge in [-0.25, -0.2) is 0 Å². The Kier molecular flexibility index (Phi) is 1.48. The quantitative estimate of drug-likeness (QED) is 0.666. The van der Waals surface area contributed by atoms with Crippen molar-refractivity contribution >= 4 is 5.91 Å². The number of amides is 1. The molecule has 3 aliphatic rings. The summed E-state index contributed by atoms with van der Waals surface area (Å²) in [6, 6.07) is 0.941. The second-order valence-corrected chi connectivity index (χ2v) is 4.64. The van der Waals surface area contributed by atoms with Crippen LogP contribution in [0.1, 0.15) is 25.7 Å². The Hall–Kier alpha value is -0.570. The molecule has 3 nitrogen and oxygen atoms in total. The molecule has 3 unspecified atom stereocenters. The molecule has 2 N–H and O–H groups in total. The number of carbonyl (C=O) groups excluding carboxylic acids is 1. The average Bonchev–Trinajstić information content (AvgIpc) is 2.75. The Labute approximate surface area is 78.3 Å². The highest BCUT2D eigenvalue weighted by molar-refractivity contribution is 5.85. The summed E-state index contributed by atoms with van der Waals surface area (Å²) < 4.78 is 0. The third-order valence-corrected chi connectivity index (χ3v) is 3.97. The summed E-state index contributed by atoms with van der Waals surface area (Å²) in [7, 11) is 0. The Morgan fingerprint density at radius 2 is 2.23 bits per heavy atom. The van der Waals surface area contributed by atoms with E-state index in [1.807, 2.05) is 0 Å². The number of rotatable bonds is 2. The van der Waals surface area contributed by atoms with Crippen molar-refractivity contribution in [3.05, 3.63) is 0 Å². The maximum atomic E-state index is 11.8. The van der Waals surface area contributed by atoms with Crippen molar-refractivity contribution < 1.29 is 4.79 Å². The Balaban J connectivity index is 1.80. The largest absolute Gasteiger partial charge is 0.335 e. The zero-order valence-electron chi connectivity index (χ0n) is 7.78. The lowest BCUT2D eigenvalue weighted by molar-refractivity contribution is -0.135. The maximum Gasteiger partial charge on any atom is 0.226 e. The highest BCUT2D eigenvalue weighted by Gasteiger charge is 2.59. The zero-order valence-corrected chi connectivity index (χ0v) is 7.78. The van der Waals surface area contributed by atoms with E-state index in [2.05, 4.69) is 4.90 Å². The van der Waals surface area contributed by atoms with Gasteiger partial charge in [-0.15, -0.1) is 0 Å². The molecule has 0 aromatic rings. The minimum atomic E-state index is 0.370. The van der Waals surface area contributed by atoms with Crippen molar-refractivity contribution in [2.24, 2.45) is 17.6 Å². The van der Waals surface area contributed by atoms with Crippen molar-refractivity contribution in [3.8, 4) is 0 Å². The van der Waals surface area contributed by atoms with E-state index in [0.29, 0.717) is 36.4 Å². The zero-order chi connectivity index (χ0) is 9.00. The van der Waals surface area contributed by atoms with Crippen LogP contribution in [-0.4, -0.2) is 29.4 Å². The number of nitrogens with zero attached hydrogens (tertiary/aromatic N) is 1. The summed E-state index contributed by atoms with van der Waals surface area (Å²) in [5, 5.41) is 0. The molecule has 1 amide bonds. The lowest BCUT2D eigenvalue weighted by Crippen LogP contribution is -2.50. The summed E-state index contributed by atoms with van der Waals surface area (Å²) in [5.74, 6) is 1.40. The molecule has 1 saturated heterocycles. The molecule has 0 aromatic carbocycles. The third-order valence-electron chi connectivity index (χ3n) is 3.97. The molecule has 3 atom stereocenters. The van der Waals surface area contributed by atoms with Crippen LogP contribution >= 0.6 is 0 Å². The summed E-state index contributed by atoms with van der Waals surface area (Å²) in [4.78, 5) is 13.9. The highest BCUT2D eigenvalue weighted by Crippen LogP contribution is 2.52. The first kappa shape index (κ1) is 7.80. The van der Waals surface area contributed by atoms with Gasteiger partial charge in [0.15, 0.2) is 0 Å². The molecule has 1 heterocycles. The summed E-state index contributed by atoms with van der Waals surface area (Å²) in [6.07, 6.45) is 4.83. The van der Waals surface area contributed by atoms with E-state index in [-0.39, 0.29) is 0 Å². The molecule has 0 aromatic heterocycles. The number of fused-ring (bicyclic) bond motifs is 1. The number of hydrogen-bond donors (Lipinski definition) is 1. The van der Waals surface area contributed by atoms with Crippen molar-refractivity contribution in [2.45, 2.75) is 37.8 Å². The number of hydrogen-bond acceptors (Lipinski definition) is 2. The minimum Gasteiger partial charge on any atom is -0.335 e. The Morgan fingerprint density at radius 1 is 1.46 bits per heavy atom. The van der Waals surface area contributed by atoms with Crippen LogP contribution in [0, 0.1) is 11.8 Å². The molecule has 2 saturated carbocycles. The first-order chi connectivity index (χ1) is 6.33. The van der Waals surface area contributed by atoms with Gasteiger partial charge in [0.1, 0.15) is 0 Å². The second-order valence-electron chi connectivity index (χ2n) is 4.64. The minimum absolute atomic E-state index is 0.370. The van der Waals surface area contributed by atoms with Crippen molar-refractivity contribution in [3.63, 3.8) is 0 Å². The van der Waals surface area contributed by atoms with Crippen molar-refractivity contribution in [2.75, 3.05) is 6.54 Å². The molecule has 72 valence electrons. The van der Waals surface area contributed by atoms with Crippen LogP contribution in [0.3, 0.4) is 0 Å². The van der Waals surface area contributed by atoms with Crippen LogP contribution in [0.15, 0.2) is 0 Å². The van der Waals surface area contributed by atoms with Gasteiger partial charge in [-0.3, -0.25) is 4.79 Å². The molecule has 3 rings (SSSR count). The molecule has 0 radical (unpaired) electrons. The smallest absolute Gasteiger partial charge is 0.226 e. The summed E-state index contributed by atoms with van der Waals surface area (Å²) in [5.41, 5.74) is 5.73. The molecular formula is C10H16N2O. The normalized spacial score (nSPS) is 43.3. The van der Waals surface area contributed by atoms with E-state index >= 15 is 0 Å². The summed E-state index contributed by atoms with van der Waals surface area (Å²) in [6.45, 7) is 0.670. The third kappa shape index (κ3) is 0.909. The van der Waals surface area contributed by atoms with Gasteiger partial charge in [-0.2, -0.15) is 0 Å². The van der Waals surface area contributed by atoms with Gasteiger partial charge in [0.2, 0.25) is 5.91 Å². The maximum absolute atomic E-state index is 11.8. The molecule has 3 heteroatoms. The van der Waals surface area contributed by atoms with Crippen LogP contribution in [0.5, 0.6) is 0 Å². The number of piperidine rings is 1. The standard InChI is InChI=1S/C10H16N2O/c11-5-9-7-4-8(7)10(13)12(9)6-2-1-3-6/h6-9H,1-5,11H2.